The van der Waals surface area contributed by atoms with Crippen molar-refractivity contribution in [3.05, 3.63) is 53.2 Å². The van der Waals surface area contributed by atoms with Crippen LogP contribution in [0.15, 0.2) is 36.4 Å². The van der Waals surface area contributed by atoms with Gasteiger partial charge in [0.1, 0.15) is 0 Å². The van der Waals surface area contributed by atoms with E-state index in [-0.39, 0.29) is 11.3 Å². The molecule has 2 N–H and O–H groups in total. The average Bonchev–Trinajstić information content (AvgIpc) is 2.85. The van der Waals surface area contributed by atoms with E-state index in [0.717, 1.165) is 11.3 Å². The molecule has 0 radical (unpaired) electrons. The van der Waals surface area contributed by atoms with Gasteiger partial charge in [-0.15, -0.1) is 0 Å². The molecule has 0 atom stereocenters. The molecule has 110 valence electrons. The van der Waals surface area contributed by atoms with Crippen molar-refractivity contribution in [2.24, 2.45) is 0 Å². The van der Waals surface area contributed by atoms with Gasteiger partial charge in [-0.05, 0) is 18.6 Å². The van der Waals surface area contributed by atoms with Crippen molar-refractivity contribution in [3.63, 3.8) is 0 Å². The van der Waals surface area contributed by atoms with Gasteiger partial charge >= 0.3 is 0 Å². The van der Waals surface area contributed by atoms with E-state index < -0.39 is 0 Å². The van der Waals surface area contributed by atoms with E-state index in [2.05, 4.69) is 36.3 Å². The molecule has 2 aromatic rings. The molecule has 0 aliphatic heterocycles. The Labute approximate surface area is 125 Å². The summed E-state index contributed by atoms with van der Waals surface area (Å²) in [5.74, 6) is 0.349. The number of hydrogen-bond acceptors (Lipinski definition) is 2. The van der Waals surface area contributed by atoms with Crippen LogP contribution in [0.5, 0.6) is 0 Å². The number of amides is 1. The molecule has 0 aliphatic carbocycles. The molecule has 1 aromatic carbocycles. The Kier molecular flexibility index (Phi) is 4.26. The molecule has 0 unspecified atom stereocenters. The number of carbonyl (C=O) groups excluding carboxylic acids is 1. The van der Waals surface area contributed by atoms with Crippen LogP contribution in [0.4, 0.5) is 5.82 Å². The number of H-pyrrole nitrogens is 1. The highest BCUT2D eigenvalue weighted by Gasteiger charge is 2.16. The zero-order valence-electron chi connectivity index (χ0n) is 12.9. The van der Waals surface area contributed by atoms with Gasteiger partial charge in [0, 0.05) is 23.3 Å². The fourth-order valence-electron chi connectivity index (χ4n) is 1.88. The Morgan fingerprint density at radius 2 is 2.05 bits per heavy atom. The number of carbonyl (C=O) groups is 1. The van der Waals surface area contributed by atoms with Gasteiger partial charge in [-0.25, -0.2) is 0 Å². The molecule has 2 rings (SSSR count). The molecule has 0 bridgehead atoms. The maximum Gasteiger partial charge on any atom is 0.249 e. The van der Waals surface area contributed by atoms with Crippen LogP contribution in [0.25, 0.3) is 6.08 Å². The van der Waals surface area contributed by atoms with Gasteiger partial charge < -0.3 is 5.32 Å². The van der Waals surface area contributed by atoms with Gasteiger partial charge in [-0.2, -0.15) is 5.10 Å². The van der Waals surface area contributed by atoms with Gasteiger partial charge in [0.05, 0.1) is 0 Å². The molecule has 4 heteroatoms. The zero-order chi connectivity index (χ0) is 15.5. The summed E-state index contributed by atoms with van der Waals surface area (Å²) in [6.07, 6.45) is 3.31. The Balaban J connectivity index is 2.00. The monoisotopic (exact) mass is 283 g/mol. The number of aryl methyl sites for hydroxylation is 1. The number of nitrogens with zero attached hydrogens (tertiary/aromatic N) is 1. The van der Waals surface area contributed by atoms with Crippen molar-refractivity contribution in [1.29, 1.82) is 0 Å². The van der Waals surface area contributed by atoms with E-state index in [0.29, 0.717) is 5.82 Å². The highest BCUT2D eigenvalue weighted by molar-refractivity contribution is 6.01. The number of aromatic nitrogens is 2. The summed E-state index contributed by atoms with van der Waals surface area (Å²) >= 11 is 0. The highest BCUT2D eigenvalue weighted by atomic mass is 16.1. The third kappa shape index (κ3) is 4.31. The van der Waals surface area contributed by atoms with Crippen molar-refractivity contribution in [1.82, 2.24) is 10.2 Å². The van der Waals surface area contributed by atoms with Gasteiger partial charge in [-0.1, -0.05) is 50.6 Å². The Morgan fingerprint density at radius 1 is 1.29 bits per heavy atom. The molecule has 21 heavy (non-hydrogen) atoms. The van der Waals surface area contributed by atoms with E-state index in [4.69, 9.17) is 0 Å². The van der Waals surface area contributed by atoms with Crippen LogP contribution in [0.2, 0.25) is 0 Å². The second-order valence-electron chi connectivity index (χ2n) is 6.15. The van der Waals surface area contributed by atoms with Crippen molar-refractivity contribution in [2.45, 2.75) is 33.1 Å². The van der Waals surface area contributed by atoms with E-state index in [1.54, 1.807) is 6.08 Å². The predicted octanol–water partition coefficient (Wildman–Crippen LogP) is 3.67. The lowest BCUT2D eigenvalue weighted by Crippen LogP contribution is -2.11. The fourth-order valence-corrected chi connectivity index (χ4v) is 1.88. The number of nitrogens with one attached hydrogen (secondary N) is 2. The topological polar surface area (TPSA) is 57.8 Å². The average molecular weight is 283 g/mol. The molecule has 1 amide bonds. The molecular formula is C17H21N3O. The van der Waals surface area contributed by atoms with Crippen molar-refractivity contribution >= 4 is 17.8 Å². The van der Waals surface area contributed by atoms with Crippen LogP contribution >= 0.6 is 0 Å². The molecule has 1 aromatic heterocycles. The summed E-state index contributed by atoms with van der Waals surface area (Å²) < 4.78 is 0. The third-order valence-corrected chi connectivity index (χ3v) is 3.11. The van der Waals surface area contributed by atoms with Gasteiger partial charge in [0.2, 0.25) is 5.91 Å². The van der Waals surface area contributed by atoms with Gasteiger partial charge in [0.25, 0.3) is 0 Å². The second kappa shape index (κ2) is 5.95. The largest absolute Gasteiger partial charge is 0.306 e. The SMILES string of the molecule is Cc1cccc(/C=C/C(=O)Nc2cc(C(C)(C)C)[nH]n2)c1. The van der Waals surface area contributed by atoms with Crippen LogP contribution < -0.4 is 5.32 Å². The molecule has 0 saturated carbocycles. The maximum absolute atomic E-state index is 11.9. The minimum atomic E-state index is -0.191. The first-order valence-electron chi connectivity index (χ1n) is 6.96. The van der Waals surface area contributed by atoms with E-state index in [1.807, 2.05) is 37.3 Å². The summed E-state index contributed by atoms with van der Waals surface area (Å²) in [6.45, 7) is 8.28. The van der Waals surface area contributed by atoms with E-state index in [9.17, 15) is 4.79 Å². The van der Waals surface area contributed by atoms with Crippen LogP contribution in [-0.4, -0.2) is 16.1 Å². The minimum absolute atomic E-state index is 0.0205. The summed E-state index contributed by atoms with van der Waals surface area (Å²) in [7, 11) is 0. The molecule has 4 nitrogen and oxygen atoms in total. The zero-order valence-corrected chi connectivity index (χ0v) is 12.9. The van der Waals surface area contributed by atoms with Crippen LogP contribution in [0, 0.1) is 6.92 Å². The maximum atomic E-state index is 11.9. The molecule has 0 aliphatic rings. The van der Waals surface area contributed by atoms with Gasteiger partial charge in [0.15, 0.2) is 5.82 Å². The molecule has 0 fully saturated rings. The van der Waals surface area contributed by atoms with Crippen LogP contribution in [0.1, 0.15) is 37.6 Å². The van der Waals surface area contributed by atoms with Crippen molar-refractivity contribution in [2.75, 3.05) is 5.32 Å². The number of aromatic amines is 1. The lowest BCUT2D eigenvalue weighted by molar-refractivity contribution is -0.111. The second-order valence-corrected chi connectivity index (χ2v) is 6.15. The third-order valence-electron chi connectivity index (χ3n) is 3.11. The first-order valence-corrected chi connectivity index (χ1v) is 6.96. The lowest BCUT2D eigenvalue weighted by Gasteiger charge is -2.14. The van der Waals surface area contributed by atoms with Crippen molar-refractivity contribution < 1.29 is 4.79 Å². The standard InChI is InChI=1S/C17H21N3O/c1-12-6-5-7-13(10-12)8-9-16(21)18-15-11-14(19-20-15)17(2,3)4/h5-11H,1-4H3,(H2,18,19,20,21)/b9-8+. The Morgan fingerprint density at radius 3 is 2.67 bits per heavy atom. The predicted molar refractivity (Wildman–Crippen MR) is 86.1 cm³/mol. The fraction of sp³-hybridized carbons (Fsp3) is 0.294. The normalized spacial score (nSPS) is 11.8. The van der Waals surface area contributed by atoms with E-state index in [1.165, 1.54) is 11.6 Å². The highest BCUT2D eigenvalue weighted by Crippen LogP contribution is 2.21. The smallest absolute Gasteiger partial charge is 0.249 e. The number of benzene rings is 1. The quantitative estimate of drug-likeness (QED) is 0.844. The molecule has 1 heterocycles. The first kappa shape index (κ1) is 15.0. The van der Waals surface area contributed by atoms with Crippen LogP contribution in [0.3, 0.4) is 0 Å². The summed E-state index contributed by atoms with van der Waals surface area (Å²) in [5.41, 5.74) is 3.13. The van der Waals surface area contributed by atoms with Crippen molar-refractivity contribution in [3.8, 4) is 0 Å². The minimum Gasteiger partial charge on any atom is -0.306 e. The van der Waals surface area contributed by atoms with E-state index >= 15 is 0 Å². The Hall–Kier alpha value is -2.36. The number of hydrogen-bond donors (Lipinski definition) is 2. The number of anilines is 1. The molecule has 0 saturated heterocycles. The van der Waals surface area contributed by atoms with Gasteiger partial charge in [-0.3, -0.25) is 9.89 Å². The number of rotatable bonds is 3. The summed E-state index contributed by atoms with van der Waals surface area (Å²) in [4.78, 5) is 11.9. The summed E-state index contributed by atoms with van der Waals surface area (Å²) in [5, 5.41) is 9.80. The summed E-state index contributed by atoms with van der Waals surface area (Å²) in [6, 6.07) is 9.84. The molecule has 0 spiro atoms. The first-order chi connectivity index (χ1) is 9.84. The Bertz CT molecular complexity index is 663. The lowest BCUT2D eigenvalue weighted by atomic mass is 9.92. The molecular weight excluding hydrogens is 262 g/mol. The van der Waals surface area contributed by atoms with Crippen LogP contribution in [-0.2, 0) is 10.2 Å².